The van der Waals surface area contributed by atoms with Crippen molar-refractivity contribution in [3.63, 3.8) is 0 Å². The first-order valence-electron chi connectivity index (χ1n) is 6.12. The van der Waals surface area contributed by atoms with Gasteiger partial charge in [-0.2, -0.15) is 5.10 Å². The number of Topliss-reactive ketones (excluding diaryl/α,β-unsaturated/α-hetero) is 1. The van der Waals surface area contributed by atoms with Crippen LogP contribution >= 0.6 is 0 Å². The van der Waals surface area contributed by atoms with E-state index >= 15 is 0 Å². The Balaban J connectivity index is 2.48. The van der Waals surface area contributed by atoms with E-state index in [0.717, 1.165) is 16.8 Å². The molecule has 3 N–H and O–H groups in total. The highest BCUT2D eigenvalue weighted by Crippen LogP contribution is 2.26. The molecule has 2 aromatic rings. The molecule has 0 fully saturated rings. The van der Waals surface area contributed by atoms with Crippen molar-refractivity contribution in [2.75, 3.05) is 12.4 Å². The lowest BCUT2D eigenvalue weighted by Gasteiger charge is -2.03. The third-order valence-corrected chi connectivity index (χ3v) is 3.11. The number of carbonyl (C=O) groups is 1. The molecular weight excluding hydrogens is 244 g/mol. The lowest BCUT2D eigenvalue weighted by molar-refractivity contribution is 0.0895. The van der Waals surface area contributed by atoms with Crippen molar-refractivity contribution < 1.29 is 9.90 Å². The van der Waals surface area contributed by atoms with Crippen LogP contribution in [0.5, 0.6) is 0 Å². The smallest absolute Gasteiger partial charge is 0.206 e. The molecule has 0 aliphatic heterocycles. The molecule has 0 aliphatic carbocycles. The van der Waals surface area contributed by atoms with Crippen LogP contribution in [0.1, 0.15) is 35.9 Å². The predicted molar refractivity (Wildman–Crippen MR) is 72.3 cm³/mol. The lowest BCUT2D eigenvalue weighted by Crippen LogP contribution is -2.18. The molecule has 0 aromatic carbocycles. The Morgan fingerprint density at radius 3 is 2.74 bits per heavy atom. The highest BCUT2D eigenvalue weighted by atomic mass is 16.3. The number of aliphatic hydroxyl groups excluding tert-OH is 1. The molecule has 0 unspecified atom stereocenters. The van der Waals surface area contributed by atoms with Gasteiger partial charge in [-0.25, -0.2) is 0 Å². The van der Waals surface area contributed by atoms with Crippen molar-refractivity contribution in [2.24, 2.45) is 0 Å². The molecule has 2 heterocycles. The van der Waals surface area contributed by atoms with Gasteiger partial charge in [0.2, 0.25) is 5.78 Å². The Morgan fingerprint density at radius 2 is 2.21 bits per heavy atom. The second-order valence-corrected chi connectivity index (χ2v) is 4.78. The molecule has 19 heavy (non-hydrogen) atoms. The molecule has 0 bridgehead atoms. The van der Waals surface area contributed by atoms with E-state index in [9.17, 15) is 4.79 Å². The van der Waals surface area contributed by atoms with E-state index in [-0.39, 0.29) is 6.04 Å². The zero-order chi connectivity index (χ0) is 14.2. The van der Waals surface area contributed by atoms with Crippen molar-refractivity contribution in [1.82, 2.24) is 14.5 Å². The fourth-order valence-electron chi connectivity index (χ4n) is 2.08. The highest BCUT2D eigenvalue weighted by molar-refractivity contribution is 5.98. The number of hydrogen-bond acceptors (Lipinski definition) is 4. The standard InChI is InChI=1S/C13H18N4O2/c1-8(2)17-5-4-11(15-17)10-6-16(14)13(9(10)3)12(19)7-18/h4-6,8,18H,7,14H2,1-3H3. The van der Waals surface area contributed by atoms with Crippen LogP contribution in [0.15, 0.2) is 18.5 Å². The molecule has 0 atom stereocenters. The fraction of sp³-hybridized carbons (Fsp3) is 0.385. The van der Waals surface area contributed by atoms with Crippen molar-refractivity contribution >= 4 is 5.78 Å². The second-order valence-electron chi connectivity index (χ2n) is 4.78. The van der Waals surface area contributed by atoms with Gasteiger partial charge in [-0.1, -0.05) is 0 Å². The van der Waals surface area contributed by atoms with Gasteiger partial charge in [-0.15, -0.1) is 0 Å². The van der Waals surface area contributed by atoms with Gasteiger partial charge in [0, 0.05) is 24.0 Å². The van der Waals surface area contributed by atoms with E-state index in [1.165, 1.54) is 4.68 Å². The van der Waals surface area contributed by atoms with E-state index < -0.39 is 12.4 Å². The number of carbonyl (C=O) groups excluding carboxylic acids is 1. The number of hydrogen-bond donors (Lipinski definition) is 2. The molecule has 0 saturated carbocycles. The van der Waals surface area contributed by atoms with Crippen LogP contribution in [-0.4, -0.2) is 32.0 Å². The number of nitrogens with two attached hydrogens (primary N) is 1. The third kappa shape index (κ3) is 2.26. The van der Waals surface area contributed by atoms with Crippen LogP contribution < -0.4 is 5.84 Å². The van der Waals surface area contributed by atoms with Crippen LogP contribution in [0.25, 0.3) is 11.3 Å². The Kier molecular flexibility index (Phi) is 3.44. The Hall–Kier alpha value is -2.08. The summed E-state index contributed by atoms with van der Waals surface area (Å²) in [6, 6.07) is 2.16. The van der Waals surface area contributed by atoms with E-state index in [4.69, 9.17) is 10.9 Å². The van der Waals surface area contributed by atoms with Crippen LogP contribution in [0, 0.1) is 6.92 Å². The first-order valence-corrected chi connectivity index (χ1v) is 6.12. The molecule has 0 radical (unpaired) electrons. The molecule has 6 nitrogen and oxygen atoms in total. The van der Waals surface area contributed by atoms with Gasteiger partial charge in [-0.3, -0.25) is 14.2 Å². The van der Waals surface area contributed by atoms with Crippen molar-refractivity contribution in [3.05, 3.63) is 29.7 Å². The summed E-state index contributed by atoms with van der Waals surface area (Å²) in [6.45, 7) is 5.33. The molecular formula is C13H18N4O2. The molecule has 2 aromatic heterocycles. The minimum atomic E-state index is -0.554. The summed E-state index contributed by atoms with van der Waals surface area (Å²) < 4.78 is 3.09. The van der Waals surface area contributed by atoms with E-state index in [1.54, 1.807) is 13.1 Å². The minimum Gasteiger partial charge on any atom is -0.388 e. The molecule has 2 rings (SSSR count). The minimum absolute atomic E-state index is 0.271. The maximum atomic E-state index is 11.6. The summed E-state index contributed by atoms with van der Waals surface area (Å²) in [6.07, 6.45) is 3.55. The zero-order valence-electron chi connectivity index (χ0n) is 11.3. The van der Waals surface area contributed by atoms with Crippen molar-refractivity contribution in [1.29, 1.82) is 0 Å². The van der Waals surface area contributed by atoms with Gasteiger partial charge in [0.15, 0.2) is 0 Å². The summed E-state index contributed by atoms with van der Waals surface area (Å²) in [4.78, 5) is 11.6. The average Bonchev–Trinajstić information content (AvgIpc) is 2.94. The van der Waals surface area contributed by atoms with Gasteiger partial charge in [0.1, 0.15) is 12.3 Å². The highest BCUT2D eigenvalue weighted by Gasteiger charge is 2.19. The Bertz CT molecular complexity index is 610. The quantitative estimate of drug-likeness (QED) is 0.639. The number of nitrogens with zero attached hydrogens (tertiary/aromatic N) is 3. The number of aliphatic hydroxyl groups is 1. The molecule has 6 heteroatoms. The van der Waals surface area contributed by atoms with Crippen LogP contribution in [0.3, 0.4) is 0 Å². The maximum absolute atomic E-state index is 11.6. The van der Waals surface area contributed by atoms with Crippen LogP contribution in [0.4, 0.5) is 0 Å². The fourth-order valence-corrected chi connectivity index (χ4v) is 2.08. The zero-order valence-corrected chi connectivity index (χ0v) is 11.3. The van der Waals surface area contributed by atoms with E-state index in [0.29, 0.717) is 5.69 Å². The average molecular weight is 262 g/mol. The number of nitrogen functional groups attached to an aromatic ring is 1. The van der Waals surface area contributed by atoms with Gasteiger partial charge in [0.05, 0.1) is 5.69 Å². The maximum Gasteiger partial charge on any atom is 0.206 e. The predicted octanol–water partition coefficient (Wildman–Crippen LogP) is 1.13. The van der Waals surface area contributed by atoms with Crippen LogP contribution in [-0.2, 0) is 0 Å². The Morgan fingerprint density at radius 1 is 1.53 bits per heavy atom. The summed E-state index contributed by atoms with van der Waals surface area (Å²) in [7, 11) is 0. The number of aromatic nitrogens is 3. The topological polar surface area (TPSA) is 86.1 Å². The monoisotopic (exact) mass is 262 g/mol. The normalized spacial score (nSPS) is 11.2. The lowest BCUT2D eigenvalue weighted by atomic mass is 10.1. The van der Waals surface area contributed by atoms with Gasteiger partial charge >= 0.3 is 0 Å². The van der Waals surface area contributed by atoms with E-state index in [1.807, 2.05) is 30.8 Å². The SMILES string of the molecule is Cc1c(-c2ccn(C(C)C)n2)cn(N)c1C(=O)CO. The second kappa shape index (κ2) is 4.89. The number of ketones is 1. The number of rotatable bonds is 4. The van der Waals surface area contributed by atoms with E-state index in [2.05, 4.69) is 5.10 Å². The van der Waals surface area contributed by atoms with Gasteiger partial charge < -0.3 is 10.9 Å². The van der Waals surface area contributed by atoms with Crippen LogP contribution in [0.2, 0.25) is 0 Å². The summed E-state index contributed by atoms with van der Waals surface area (Å²) in [5.74, 6) is 5.38. The third-order valence-electron chi connectivity index (χ3n) is 3.11. The van der Waals surface area contributed by atoms with Gasteiger partial charge in [-0.05, 0) is 32.4 Å². The first kappa shape index (κ1) is 13.4. The summed E-state index contributed by atoms with van der Waals surface area (Å²) in [5.41, 5.74) is 2.62. The van der Waals surface area contributed by atoms with Crippen molar-refractivity contribution in [3.8, 4) is 11.3 Å². The molecule has 0 aliphatic rings. The summed E-state index contributed by atoms with van der Waals surface area (Å²) in [5, 5.41) is 13.4. The Labute approximate surface area is 111 Å². The summed E-state index contributed by atoms with van der Waals surface area (Å²) >= 11 is 0. The van der Waals surface area contributed by atoms with Crippen molar-refractivity contribution in [2.45, 2.75) is 26.8 Å². The molecule has 0 saturated heterocycles. The largest absolute Gasteiger partial charge is 0.388 e. The van der Waals surface area contributed by atoms with Gasteiger partial charge in [0.25, 0.3) is 0 Å². The molecule has 0 amide bonds. The first-order chi connectivity index (χ1) is 8.95. The molecule has 0 spiro atoms. The molecule has 102 valence electrons.